The van der Waals surface area contributed by atoms with Gasteiger partial charge in [-0.2, -0.15) is 0 Å². The fourth-order valence-corrected chi connectivity index (χ4v) is 5.49. The van der Waals surface area contributed by atoms with Gasteiger partial charge in [0.25, 0.3) is 11.1 Å². The molecule has 7 nitrogen and oxygen atoms in total. The van der Waals surface area contributed by atoms with E-state index in [0.717, 1.165) is 22.2 Å². The van der Waals surface area contributed by atoms with Crippen LogP contribution in [0.25, 0.3) is 6.08 Å². The van der Waals surface area contributed by atoms with Gasteiger partial charge >= 0.3 is 0 Å². The molecule has 1 fully saturated rings. The summed E-state index contributed by atoms with van der Waals surface area (Å²) in [6, 6.07) is 14.2. The minimum Gasteiger partial charge on any atom is -0.493 e. The summed E-state index contributed by atoms with van der Waals surface area (Å²) >= 11 is 16.7. The zero-order valence-electron chi connectivity index (χ0n) is 19.3. The maximum Gasteiger partial charge on any atom is 0.293 e. The minimum absolute atomic E-state index is 0.0158. The normalized spacial score (nSPS) is 15.6. The number of amides is 2. The number of hydrogen-bond acceptors (Lipinski definition) is 7. The quantitative estimate of drug-likeness (QED) is 0.256. The summed E-state index contributed by atoms with van der Waals surface area (Å²) in [6.45, 7) is 0.429. The SMILES string of the molecule is COc1cc(/C=C2/SC(=O)N(Cc3cc4c(cc3Cl)OCO4)C2=O)cc(Br)c1OCc1ccc(Cl)cc1. The van der Waals surface area contributed by atoms with Crippen LogP contribution >= 0.6 is 50.9 Å². The molecule has 0 radical (unpaired) electrons. The van der Waals surface area contributed by atoms with Crippen LogP contribution in [-0.4, -0.2) is 29.9 Å². The minimum atomic E-state index is -0.415. The van der Waals surface area contributed by atoms with Crippen LogP contribution in [0.5, 0.6) is 23.0 Å². The molecule has 190 valence electrons. The number of imide groups is 1. The second-order valence-electron chi connectivity index (χ2n) is 8.01. The van der Waals surface area contributed by atoms with Gasteiger partial charge in [0.15, 0.2) is 23.0 Å². The summed E-state index contributed by atoms with van der Waals surface area (Å²) in [7, 11) is 1.53. The molecule has 2 aliphatic rings. The van der Waals surface area contributed by atoms with E-state index in [1.165, 1.54) is 7.11 Å². The maximum atomic E-state index is 13.1. The van der Waals surface area contributed by atoms with Gasteiger partial charge in [-0.05, 0) is 80.8 Å². The molecule has 0 aromatic heterocycles. The van der Waals surface area contributed by atoms with Gasteiger partial charge in [0, 0.05) is 16.1 Å². The zero-order valence-corrected chi connectivity index (χ0v) is 23.2. The van der Waals surface area contributed by atoms with E-state index in [1.807, 2.05) is 12.1 Å². The van der Waals surface area contributed by atoms with Crippen LogP contribution in [0.15, 0.2) is 57.9 Å². The van der Waals surface area contributed by atoms with Crippen LogP contribution < -0.4 is 18.9 Å². The molecule has 11 heteroatoms. The Labute approximate surface area is 235 Å². The van der Waals surface area contributed by atoms with Crippen LogP contribution in [0.3, 0.4) is 0 Å². The summed E-state index contributed by atoms with van der Waals surface area (Å²) in [5.41, 5.74) is 2.19. The molecule has 1 saturated heterocycles. The van der Waals surface area contributed by atoms with Crippen molar-refractivity contribution in [1.29, 1.82) is 0 Å². The molecule has 3 aromatic rings. The first-order valence-electron chi connectivity index (χ1n) is 10.9. The number of benzene rings is 3. The number of thioether (sulfide) groups is 1. The second kappa shape index (κ2) is 10.9. The van der Waals surface area contributed by atoms with E-state index in [9.17, 15) is 9.59 Å². The van der Waals surface area contributed by atoms with E-state index in [-0.39, 0.29) is 23.5 Å². The third-order valence-corrected chi connectivity index (χ3v) is 7.69. The zero-order chi connectivity index (χ0) is 26.1. The lowest BCUT2D eigenvalue weighted by Crippen LogP contribution is -2.27. The second-order valence-corrected chi connectivity index (χ2v) is 10.7. The third-order valence-electron chi connectivity index (χ3n) is 5.59. The molecule has 0 atom stereocenters. The Balaban J connectivity index is 1.34. The Hall–Kier alpha value is -2.85. The molecule has 0 unspecified atom stereocenters. The van der Waals surface area contributed by atoms with E-state index < -0.39 is 5.91 Å². The molecule has 37 heavy (non-hydrogen) atoms. The number of fused-ring (bicyclic) bond motifs is 1. The van der Waals surface area contributed by atoms with Gasteiger partial charge in [-0.3, -0.25) is 14.5 Å². The average Bonchev–Trinajstić information content (AvgIpc) is 3.43. The molecule has 2 amide bonds. The van der Waals surface area contributed by atoms with Crippen molar-refractivity contribution in [2.75, 3.05) is 13.9 Å². The predicted molar refractivity (Wildman–Crippen MR) is 146 cm³/mol. The first kappa shape index (κ1) is 25.8. The van der Waals surface area contributed by atoms with Gasteiger partial charge in [-0.15, -0.1) is 0 Å². The maximum absolute atomic E-state index is 13.1. The largest absolute Gasteiger partial charge is 0.493 e. The average molecular weight is 623 g/mol. The molecular weight excluding hydrogens is 605 g/mol. The Morgan fingerprint density at radius 2 is 1.81 bits per heavy atom. The van der Waals surface area contributed by atoms with E-state index in [4.69, 9.17) is 42.1 Å². The van der Waals surface area contributed by atoms with Crippen molar-refractivity contribution >= 4 is 68.1 Å². The van der Waals surface area contributed by atoms with Crippen molar-refractivity contribution in [1.82, 2.24) is 4.90 Å². The number of ether oxygens (including phenoxy) is 4. The molecule has 2 aliphatic heterocycles. The van der Waals surface area contributed by atoms with Gasteiger partial charge in [-0.1, -0.05) is 35.3 Å². The Bertz CT molecular complexity index is 1430. The molecule has 2 heterocycles. The summed E-state index contributed by atoms with van der Waals surface area (Å²) < 4.78 is 22.8. The fraction of sp³-hybridized carbons (Fsp3) is 0.154. The Morgan fingerprint density at radius 3 is 2.54 bits per heavy atom. The number of nitrogens with zero attached hydrogens (tertiary/aromatic N) is 1. The van der Waals surface area contributed by atoms with Gasteiger partial charge in [-0.25, -0.2) is 0 Å². The Kier molecular flexibility index (Phi) is 7.57. The first-order chi connectivity index (χ1) is 17.8. The van der Waals surface area contributed by atoms with Gasteiger partial charge in [0.05, 0.1) is 23.0 Å². The van der Waals surface area contributed by atoms with E-state index >= 15 is 0 Å². The summed E-state index contributed by atoms with van der Waals surface area (Å²) in [4.78, 5) is 27.2. The van der Waals surface area contributed by atoms with Crippen LogP contribution in [0.1, 0.15) is 16.7 Å². The van der Waals surface area contributed by atoms with Gasteiger partial charge in [0.2, 0.25) is 6.79 Å². The van der Waals surface area contributed by atoms with Gasteiger partial charge < -0.3 is 18.9 Å². The van der Waals surface area contributed by atoms with Crippen molar-refractivity contribution in [3.63, 3.8) is 0 Å². The highest BCUT2D eigenvalue weighted by Crippen LogP contribution is 2.41. The van der Waals surface area contributed by atoms with Crippen LogP contribution in [0.4, 0.5) is 4.79 Å². The van der Waals surface area contributed by atoms with Crippen LogP contribution in [0.2, 0.25) is 10.0 Å². The Morgan fingerprint density at radius 1 is 1.08 bits per heavy atom. The number of carbonyl (C=O) groups excluding carboxylic acids is 2. The summed E-state index contributed by atoms with van der Waals surface area (Å²) in [5.74, 6) is 1.63. The van der Waals surface area contributed by atoms with Crippen molar-refractivity contribution in [3.8, 4) is 23.0 Å². The van der Waals surface area contributed by atoms with Crippen molar-refractivity contribution < 1.29 is 28.5 Å². The molecule has 0 N–H and O–H groups in total. The highest BCUT2D eigenvalue weighted by molar-refractivity contribution is 9.10. The topological polar surface area (TPSA) is 74.3 Å². The highest BCUT2D eigenvalue weighted by atomic mass is 79.9. The molecule has 3 aromatic carbocycles. The number of hydrogen-bond donors (Lipinski definition) is 0. The lowest BCUT2D eigenvalue weighted by molar-refractivity contribution is -0.123. The summed E-state index contributed by atoms with van der Waals surface area (Å²) in [5, 5.41) is 0.643. The number of rotatable bonds is 7. The molecular formula is C26H18BrCl2NO6S. The molecule has 0 saturated carbocycles. The predicted octanol–water partition coefficient (Wildman–Crippen LogP) is 7.31. The highest BCUT2D eigenvalue weighted by Gasteiger charge is 2.36. The molecule has 0 bridgehead atoms. The first-order valence-corrected chi connectivity index (χ1v) is 13.3. The summed E-state index contributed by atoms with van der Waals surface area (Å²) in [6.07, 6.45) is 1.64. The standard InChI is InChI=1S/C26H18BrCl2NO6S/c1-33-22-7-15(6-18(27)24(22)34-12-14-2-4-17(28)5-3-14)8-23-25(31)30(26(32)37-23)11-16-9-20-21(10-19(16)29)36-13-35-20/h2-10H,11-13H2,1H3/b23-8+. The third kappa shape index (κ3) is 5.55. The number of halogens is 3. The van der Waals surface area contributed by atoms with Crippen LogP contribution in [0, 0.1) is 0 Å². The van der Waals surface area contributed by atoms with Crippen molar-refractivity contribution in [2.24, 2.45) is 0 Å². The number of methoxy groups -OCH3 is 1. The number of carbonyl (C=O) groups is 2. The molecule has 0 spiro atoms. The fourth-order valence-electron chi connectivity index (χ4n) is 3.74. The lowest BCUT2D eigenvalue weighted by Gasteiger charge is -2.14. The van der Waals surface area contributed by atoms with Crippen molar-refractivity contribution in [3.05, 3.63) is 84.6 Å². The smallest absolute Gasteiger partial charge is 0.293 e. The lowest BCUT2D eigenvalue weighted by atomic mass is 10.1. The van der Waals surface area contributed by atoms with E-state index in [0.29, 0.717) is 55.2 Å². The van der Waals surface area contributed by atoms with Gasteiger partial charge in [0.1, 0.15) is 6.61 Å². The van der Waals surface area contributed by atoms with E-state index in [2.05, 4.69) is 15.9 Å². The van der Waals surface area contributed by atoms with Crippen LogP contribution in [-0.2, 0) is 17.9 Å². The monoisotopic (exact) mass is 621 g/mol. The van der Waals surface area contributed by atoms with Crippen molar-refractivity contribution in [2.45, 2.75) is 13.2 Å². The molecule has 5 rings (SSSR count). The van der Waals surface area contributed by atoms with E-state index in [1.54, 1.807) is 42.5 Å². The molecule has 0 aliphatic carbocycles.